The molecule has 0 fully saturated rings. The number of carbonyl (C=O) groups excluding carboxylic acids is 1. The van der Waals surface area contributed by atoms with Crippen molar-refractivity contribution in [1.29, 1.82) is 0 Å². The molecule has 0 saturated heterocycles. The molecular formula is C21H23N3O. The maximum absolute atomic E-state index is 13.1. The van der Waals surface area contributed by atoms with Crippen molar-refractivity contribution in [3.63, 3.8) is 0 Å². The maximum Gasteiger partial charge on any atom is 0.256 e. The van der Waals surface area contributed by atoms with Gasteiger partial charge in [-0.1, -0.05) is 17.7 Å². The van der Waals surface area contributed by atoms with Gasteiger partial charge in [-0.2, -0.15) is 0 Å². The number of hydrogen-bond donors (Lipinski definition) is 0. The van der Waals surface area contributed by atoms with Gasteiger partial charge in [-0.25, -0.2) is 0 Å². The van der Waals surface area contributed by atoms with Gasteiger partial charge in [0.25, 0.3) is 5.91 Å². The molecule has 1 aromatic carbocycles. The summed E-state index contributed by atoms with van der Waals surface area (Å²) in [4.78, 5) is 19.2. The van der Waals surface area contributed by atoms with Crippen LogP contribution in [0.4, 0.5) is 0 Å². The van der Waals surface area contributed by atoms with Crippen molar-refractivity contribution in [3.8, 4) is 5.69 Å². The van der Waals surface area contributed by atoms with Crippen LogP contribution in [0.15, 0.2) is 54.7 Å². The third-order valence-corrected chi connectivity index (χ3v) is 4.37. The van der Waals surface area contributed by atoms with E-state index in [2.05, 4.69) is 35.5 Å². The highest BCUT2D eigenvalue weighted by atomic mass is 16.2. The third-order valence-electron chi connectivity index (χ3n) is 4.37. The lowest BCUT2D eigenvalue weighted by molar-refractivity contribution is 0.0783. The lowest BCUT2D eigenvalue weighted by Gasteiger charge is -2.21. The lowest BCUT2D eigenvalue weighted by atomic mass is 10.1. The van der Waals surface area contributed by atoms with E-state index in [-0.39, 0.29) is 5.91 Å². The Morgan fingerprint density at radius 1 is 1.04 bits per heavy atom. The van der Waals surface area contributed by atoms with Gasteiger partial charge in [0.05, 0.1) is 23.5 Å². The highest BCUT2D eigenvalue weighted by Gasteiger charge is 2.19. The Balaban J connectivity index is 1.98. The molecule has 0 unspecified atom stereocenters. The van der Waals surface area contributed by atoms with Crippen molar-refractivity contribution in [2.75, 3.05) is 7.05 Å². The quantitative estimate of drug-likeness (QED) is 0.722. The fourth-order valence-electron chi connectivity index (χ4n) is 3.08. The van der Waals surface area contributed by atoms with Crippen molar-refractivity contribution in [2.24, 2.45) is 0 Å². The van der Waals surface area contributed by atoms with Crippen LogP contribution in [0.25, 0.3) is 5.69 Å². The minimum Gasteiger partial charge on any atom is -0.336 e. The molecule has 4 heteroatoms. The molecule has 4 nitrogen and oxygen atoms in total. The van der Waals surface area contributed by atoms with Gasteiger partial charge in [-0.15, -0.1) is 0 Å². The first-order chi connectivity index (χ1) is 12.0. The molecule has 0 aliphatic heterocycles. The summed E-state index contributed by atoms with van der Waals surface area (Å²) in [5.74, 6) is -0.00291. The van der Waals surface area contributed by atoms with Crippen LogP contribution >= 0.6 is 0 Å². The third kappa shape index (κ3) is 3.48. The molecular weight excluding hydrogens is 310 g/mol. The standard InChI is InChI=1S/C21H23N3O/c1-15-8-11-20(24-16(2)9-10-17(24)3)19(13-15)21(25)23(4)14-18-7-5-6-12-22-18/h5-13H,14H2,1-4H3. The number of aromatic nitrogens is 2. The summed E-state index contributed by atoms with van der Waals surface area (Å²) in [6.07, 6.45) is 1.75. The molecule has 0 N–H and O–H groups in total. The average Bonchev–Trinajstić information content (AvgIpc) is 2.94. The van der Waals surface area contributed by atoms with Crippen LogP contribution in [0.3, 0.4) is 0 Å². The van der Waals surface area contributed by atoms with Crippen molar-refractivity contribution in [3.05, 3.63) is 82.9 Å². The largest absolute Gasteiger partial charge is 0.336 e. The van der Waals surface area contributed by atoms with Gasteiger partial charge in [0.2, 0.25) is 0 Å². The van der Waals surface area contributed by atoms with Crippen molar-refractivity contribution in [1.82, 2.24) is 14.5 Å². The Hall–Kier alpha value is -2.88. The zero-order valence-electron chi connectivity index (χ0n) is 15.2. The normalized spacial score (nSPS) is 10.7. The highest BCUT2D eigenvalue weighted by Crippen LogP contribution is 2.23. The topological polar surface area (TPSA) is 38.1 Å². The minimum absolute atomic E-state index is 0.00291. The molecule has 0 aliphatic carbocycles. The molecule has 0 saturated carbocycles. The molecule has 1 amide bonds. The Labute approximate surface area is 148 Å². The van der Waals surface area contributed by atoms with Crippen molar-refractivity contribution >= 4 is 5.91 Å². The van der Waals surface area contributed by atoms with Gasteiger partial charge in [-0.05, 0) is 57.2 Å². The van der Waals surface area contributed by atoms with Crippen LogP contribution in [-0.4, -0.2) is 27.4 Å². The van der Waals surface area contributed by atoms with Gasteiger partial charge in [-0.3, -0.25) is 9.78 Å². The summed E-state index contributed by atoms with van der Waals surface area (Å²) in [6.45, 7) is 6.60. The number of aryl methyl sites for hydroxylation is 3. The van der Waals surface area contributed by atoms with Crippen LogP contribution in [0.1, 0.15) is 33.0 Å². The predicted molar refractivity (Wildman–Crippen MR) is 100 cm³/mol. The second-order valence-electron chi connectivity index (χ2n) is 6.45. The number of benzene rings is 1. The molecule has 0 atom stereocenters. The van der Waals surface area contributed by atoms with Gasteiger partial charge in [0, 0.05) is 24.6 Å². The van der Waals surface area contributed by atoms with Gasteiger partial charge >= 0.3 is 0 Å². The fraction of sp³-hybridized carbons (Fsp3) is 0.238. The monoisotopic (exact) mass is 333 g/mol. The minimum atomic E-state index is -0.00291. The summed E-state index contributed by atoms with van der Waals surface area (Å²) in [5, 5.41) is 0. The van der Waals surface area contributed by atoms with Crippen LogP contribution in [0.5, 0.6) is 0 Å². The number of rotatable bonds is 4. The van der Waals surface area contributed by atoms with Gasteiger partial charge in [0.1, 0.15) is 0 Å². The number of hydrogen-bond acceptors (Lipinski definition) is 2. The number of carbonyl (C=O) groups is 1. The molecule has 3 aromatic rings. The summed E-state index contributed by atoms with van der Waals surface area (Å²) in [5.41, 5.74) is 5.80. The number of amides is 1. The second-order valence-corrected chi connectivity index (χ2v) is 6.45. The van der Waals surface area contributed by atoms with Crippen LogP contribution in [-0.2, 0) is 6.54 Å². The first kappa shape index (κ1) is 17.0. The van der Waals surface area contributed by atoms with Crippen LogP contribution < -0.4 is 0 Å². The Morgan fingerprint density at radius 2 is 1.76 bits per heavy atom. The van der Waals surface area contributed by atoms with E-state index in [1.165, 1.54) is 0 Å². The Kier molecular flexibility index (Phi) is 4.70. The molecule has 2 heterocycles. The Morgan fingerprint density at radius 3 is 2.40 bits per heavy atom. The molecule has 2 aromatic heterocycles. The zero-order chi connectivity index (χ0) is 18.0. The van der Waals surface area contributed by atoms with Crippen LogP contribution in [0, 0.1) is 20.8 Å². The SMILES string of the molecule is Cc1ccc(-n2c(C)ccc2C)c(C(=O)N(C)Cc2ccccn2)c1. The fourth-order valence-corrected chi connectivity index (χ4v) is 3.08. The van der Waals surface area contributed by atoms with E-state index >= 15 is 0 Å². The number of nitrogens with zero attached hydrogens (tertiary/aromatic N) is 3. The van der Waals surface area contributed by atoms with E-state index in [4.69, 9.17) is 0 Å². The molecule has 0 bridgehead atoms. The second kappa shape index (κ2) is 6.93. The van der Waals surface area contributed by atoms with E-state index in [1.807, 2.05) is 50.4 Å². The maximum atomic E-state index is 13.1. The molecule has 128 valence electrons. The smallest absolute Gasteiger partial charge is 0.256 e. The molecule has 3 rings (SSSR count). The van der Waals surface area contributed by atoms with E-state index < -0.39 is 0 Å². The first-order valence-corrected chi connectivity index (χ1v) is 8.38. The zero-order valence-corrected chi connectivity index (χ0v) is 15.2. The highest BCUT2D eigenvalue weighted by molar-refractivity contribution is 5.98. The molecule has 0 spiro atoms. The van der Waals surface area contributed by atoms with Crippen molar-refractivity contribution < 1.29 is 4.79 Å². The molecule has 0 aliphatic rings. The van der Waals surface area contributed by atoms with Gasteiger partial charge < -0.3 is 9.47 Å². The first-order valence-electron chi connectivity index (χ1n) is 8.38. The summed E-state index contributed by atoms with van der Waals surface area (Å²) >= 11 is 0. The summed E-state index contributed by atoms with van der Waals surface area (Å²) in [7, 11) is 1.82. The lowest BCUT2D eigenvalue weighted by Crippen LogP contribution is -2.28. The van der Waals surface area contributed by atoms with Gasteiger partial charge in [0.15, 0.2) is 0 Å². The van der Waals surface area contributed by atoms with E-state index in [1.54, 1.807) is 11.1 Å². The molecule has 25 heavy (non-hydrogen) atoms. The predicted octanol–water partition coefficient (Wildman–Crippen LogP) is 4.07. The summed E-state index contributed by atoms with van der Waals surface area (Å²) < 4.78 is 2.13. The average molecular weight is 333 g/mol. The van der Waals surface area contributed by atoms with E-state index in [9.17, 15) is 4.79 Å². The van der Waals surface area contributed by atoms with E-state index in [0.29, 0.717) is 12.1 Å². The summed E-state index contributed by atoms with van der Waals surface area (Å²) in [6, 6.07) is 15.9. The number of pyridine rings is 1. The van der Waals surface area contributed by atoms with Crippen molar-refractivity contribution in [2.45, 2.75) is 27.3 Å². The molecule has 0 radical (unpaired) electrons. The van der Waals surface area contributed by atoms with E-state index in [0.717, 1.165) is 28.3 Å². The Bertz CT molecular complexity index is 877. The van der Waals surface area contributed by atoms with Crippen LogP contribution in [0.2, 0.25) is 0 Å².